The van der Waals surface area contributed by atoms with Gasteiger partial charge in [0.2, 0.25) is 0 Å². The molecule has 0 bridgehead atoms. The molecule has 0 radical (unpaired) electrons. The largest absolute Gasteiger partial charge is 0.496 e. The van der Waals surface area contributed by atoms with Gasteiger partial charge in [0.1, 0.15) is 5.75 Å². The van der Waals surface area contributed by atoms with Crippen LogP contribution in [0.1, 0.15) is 17.2 Å². The number of benzene rings is 1. The third kappa shape index (κ3) is 2.65. The Labute approximate surface area is 90.6 Å². The summed E-state index contributed by atoms with van der Waals surface area (Å²) in [4.78, 5) is 0. The van der Waals surface area contributed by atoms with Crippen LogP contribution in [0.5, 0.6) is 5.75 Å². The molecule has 1 aromatic carbocycles. The molecule has 3 N–H and O–H groups in total. The first-order valence-electron chi connectivity index (χ1n) is 4.51. The summed E-state index contributed by atoms with van der Waals surface area (Å²) in [5.74, 6) is -0.297. The van der Waals surface area contributed by atoms with Gasteiger partial charge in [-0.05, 0) is 17.7 Å². The number of hydrogen-bond donors (Lipinski definition) is 2. The minimum atomic E-state index is -4.47. The highest BCUT2D eigenvalue weighted by molar-refractivity contribution is 5.40. The van der Waals surface area contributed by atoms with Crippen molar-refractivity contribution < 1.29 is 23.0 Å². The zero-order chi connectivity index (χ0) is 12.3. The van der Waals surface area contributed by atoms with Crippen molar-refractivity contribution in [2.24, 2.45) is 5.73 Å². The number of aliphatic hydroxyl groups is 1. The van der Waals surface area contributed by atoms with E-state index in [9.17, 15) is 13.2 Å². The molecule has 0 aliphatic rings. The second-order valence-corrected chi connectivity index (χ2v) is 3.25. The molecule has 0 saturated carbocycles. The predicted octanol–water partition coefficient (Wildman–Crippen LogP) is 1.71. The van der Waals surface area contributed by atoms with Crippen LogP contribution in [0, 0.1) is 0 Å². The first-order chi connectivity index (χ1) is 7.40. The predicted molar refractivity (Wildman–Crippen MR) is 52.0 cm³/mol. The summed E-state index contributed by atoms with van der Waals surface area (Å²) < 4.78 is 42.1. The lowest BCUT2D eigenvalue weighted by Gasteiger charge is -2.15. The maximum Gasteiger partial charge on any atom is 0.419 e. The Morgan fingerprint density at radius 3 is 2.50 bits per heavy atom. The molecule has 1 atom stereocenters. The monoisotopic (exact) mass is 235 g/mol. The lowest BCUT2D eigenvalue weighted by atomic mass is 10.0. The van der Waals surface area contributed by atoms with Crippen molar-refractivity contribution in [1.29, 1.82) is 0 Å². The minimum absolute atomic E-state index is 0.297. The summed E-state index contributed by atoms with van der Waals surface area (Å²) in [5, 5.41) is 8.79. The molecule has 16 heavy (non-hydrogen) atoms. The van der Waals surface area contributed by atoms with E-state index in [0.29, 0.717) is 5.56 Å². The van der Waals surface area contributed by atoms with E-state index in [1.54, 1.807) is 0 Å². The number of alkyl halides is 3. The Kier molecular flexibility index (Phi) is 3.77. The van der Waals surface area contributed by atoms with E-state index >= 15 is 0 Å². The van der Waals surface area contributed by atoms with E-state index < -0.39 is 17.8 Å². The van der Waals surface area contributed by atoms with Crippen molar-refractivity contribution in [1.82, 2.24) is 0 Å². The molecular weight excluding hydrogens is 223 g/mol. The van der Waals surface area contributed by atoms with Gasteiger partial charge in [0, 0.05) is 0 Å². The second kappa shape index (κ2) is 4.71. The van der Waals surface area contributed by atoms with Gasteiger partial charge in [0.05, 0.1) is 25.3 Å². The van der Waals surface area contributed by atoms with Gasteiger partial charge in [-0.1, -0.05) is 6.07 Å². The molecule has 1 rings (SSSR count). The SMILES string of the molecule is COc1cc([C@@H](N)CO)ccc1C(F)(F)F. The zero-order valence-electron chi connectivity index (χ0n) is 8.58. The smallest absolute Gasteiger partial charge is 0.419 e. The summed E-state index contributed by atoms with van der Waals surface area (Å²) in [6.45, 7) is -0.339. The van der Waals surface area contributed by atoms with Gasteiger partial charge < -0.3 is 15.6 Å². The lowest BCUT2D eigenvalue weighted by Crippen LogP contribution is -2.15. The third-order valence-electron chi connectivity index (χ3n) is 2.16. The van der Waals surface area contributed by atoms with Crippen LogP contribution in [0.15, 0.2) is 18.2 Å². The maximum atomic E-state index is 12.5. The van der Waals surface area contributed by atoms with E-state index in [2.05, 4.69) is 4.74 Å². The fraction of sp³-hybridized carbons (Fsp3) is 0.400. The van der Waals surface area contributed by atoms with Gasteiger partial charge in [-0.25, -0.2) is 0 Å². The van der Waals surface area contributed by atoms with Crippen LogP contribution in [0.25, 0.3) is 0 Å². The number of aliphatic hydroxyl groups excluding tert-OH is 1. The highest BCUT2D eigenvalue weighted by Gasteiger charge is 2.34. The fourth-order valence-corrected chi connectivity index (χ4v) is 1.28. The van der Waals surface area contributed by atoms with Crippen LogP contribution in [0.3, 0.4) is 0 Å². The van der Waals surface area contributed by atoms with Crippen LogP contribution in [0.2, 0.25) is 0 Å². The van der Waals surface area contributed by atoms with E-state index in [1.165, 1.54) is 12.1 Å². The van der Waals surface area contributed by atoms with E-state index in [4.69, 9.17) is 10.8 Å². The third-order valence-corrected chi connectivity index (χ3v) is 2.16. The number of halogens is 3. The summed E-state index contributed by atoms with van der Waals surface area (Å²) in [7, 11) is 1.15. The quantitative estimate of drug-likeness (QED) is 0.838. The molecule has 3 nitrogen and oxygen atoms in total. The van der Waals surface area contributed by atoms with Gasteiger partial charge in [0.15, 0.2) is 0 Å². The average molecular weight is 235 g/mol. The maximum absolute atomic E-state index is 12.5. The van der Waals surface area contributed by atoms with Gasteiger partial charge in [-0.3, -0.25) is 0 Å². The molecule has 0 spiro atoms. The Hall–Kier alpha value is -1.27. The summed E-state index contributed by atoms with van der Waals surface area (Å²) in [5.41, 5.74) is 5.03. The Balaban J connectivity index is 3.17. The topological polar surface area (TPSA) is 55.5 Å². The number of methoxy groups -OCH3 is 1. The van der Waals surface area contributed by atoms with Crippen LogP contribution in [0.4, 0.5) is 13.2 Å². The summed E-state index contributed by atoms with van der Waals surface area (Å²) in [6, 6.07) is 2.59. The average Bonchev–Trinajstić information content (AvgIpc) is 2.25. The highest BCUT2D eigenvalue weighted by atomic mass is 19.4. The standard InChI is InChI=1S/C10H12F3NO2/c1-16-9-4-6(8(14)5-15)2-3-7(9)10(11,12)13/h2-4,8,15H,5,14H2,1H3/t8-/m0/s1. The second-order valence-electron chi connectivity index (χ2n) is 3.25. The van der Waals surface area contributed by atoms with E-state index in [1.807, 2.05) is 0 Å². The molecule has 0 heterocycles. The molecule has 0 fully saturated rings. The van der Waals surface area contributed by atoms with Gasteiger partial charge in [-0.2, -0.15) is 13.2 Å². The van der Waals surface area contributed by atoms with Gasteiger partial charge >= 0.3 is 6.18 Å². The van der Waals surface area contributed by atoms with Crippen LogP contribution < -0.4 is 10.5 Å². The van der Waals surface area contributed by atoms with Crippen molar-refractivity contribution in [3.63, 3.8) is 0 Å². The number of rotatable bonds is 3. The van der Waals surface area contributed by atoms with Crippen molar-refractivity contribution in [2.75, 3.05) is 13.7 Å². The molecule has 0 aliphatic carbocycles. The Morgan fingerprint density at radius 2 is 2.06 bits per heavy atom. The van der Waals surface area contributed by atoms with Crippen LogP contribution >= 0.6 is 0 Å². The van der Waals surface area contributed by atoms with Crippen molar-refractivity contribution >= 4 is 0 Å². The van der Waals surface area contributed by atoms with Crippen molar-refractivity contribution in [2.45, 2.75) is 12.2 Å². The lowest BCUT2D eigenvalue weighted by molar-refractivity contribution is -0.138. The Bertz CT molecular complexity index is 366. The first kappa shape index (κ1) is 12.8. The molecule has 0 unspecified atom stereocenters. The van der Waals surface area contributed by atoms with Crippen LogP contribution in [-0.2, 0) is 6.18 Å². The molecule has 1 aromatic rings. The van der Waals surface area contributed by atoms with E-state index in [-0.39, 0.29) is 12.4 Å². The molecule has 0 aliphatic heterocycles. The molecule has 90 valence electrons. The molecule has 0 amide bonds. The number of hydrogen-bond acceptors (Lipinski definition) is 3. The highest BCUT2D eigenvalue weighted by Crippen LogP contribution is 2.37. The summed E-state index contributed by atoms with van der Waals surface area (Å²) in [6.07, 6.45) is -4.47. The normalized spacial score (nSPS) is 13.6. The van der Waals surface area contributed by atoms with Crippen molar-refractivity contribution in [3.8, 4) is 5.75 Å². The van der Waals surface area contributed by atoms with E-state index in [0.717, 1.165) is 13.2 Å². The number of ether oxygens (including phenoxy) is 1. The number of nitrogens with two attached hydrogens (primary N) is 1. The fourth-order valence-electron chi connectivity index (χ4n) is 1.28. The van der Waals surface area contributed by atoms with Gasteiger partial charge in [-0.15, -0.1) is 0 Å². The molecule has 6 heteroatoms. The van der Waals surface area contributed by atoms with Crippen LogP contribution in [-0.4, -0.2) is 18.8 Å². The molecular formula is C10H12F3NO2. The Morgan fingerprint density at radius 1 is 1.44 bits per heavy atom. The molecule has 0 saturated heterocycles. The first-order valence-corrected chi connectivity index (χ1v) is 4.51. The minimum Gasteiger partial charge on any atom is -0.496 e. The molecule has 0 aromatic heterocycles. The van der Waals surface area contributed by atoms with Gasteiger partial charge in [0.25, 0.3) is 0 Å². The zero-order valence-corrected chi connectivity index (χ0v) is 8.58. The van der Waals surface area contributed by atoms with Crippen molar-refractivity contribution in [3.05, 3.63) is 29.3 Å². The summed E-state index contributed by atoms with van der Waals surface area (Å²) >= 11 is 0.